The largest absolute Gasteiger partial charge is 0.481 e. The summed E-state index contributed by atoms with van der Waals surface area (Å²) in [4.78, 5) is 27.8. The van der Waals surface area contributed by atoms with E-state index in [9.17, 15) is 23.1 Å². The number of hydrogen-bond acceptors (Lipinski definition) is 4. The van der Waals surface area contributed by atoms with Crippen LogP contribution >= 0.6 is 23.2 Å². The average Bonchev–Trinajstić information content (AvgIpc) is 2.78. The number of amides is 1. The smallest absolute Gasteiger partial charge is 0.304 e. The van der Waals surface area contributed by atoms with E-state index < -0.39 is 33.3 Å². The maximum absolute atomic E-state index is 14.2. The molecule has 1 unspecified atom stereocenters. The van der Waals surface area contributed by atoms with Crippen LogP contribution in [0.4, 0.5) is 0 Å². The van der Waals surface area contributed by atoms with Crippen LogP contribution in [0.5, 0.6) is 0 Å². The van der Waals surface area contributed by atoms with Crippen molar-refractivity contribution < 1.29 is 23.1 Å². The predicted octanol–water partition coefficient (Wildman–Crippen LogP) is 6.38. The fourth-order valence-corrected chi connectivity index (χ4v) is 8.00. The molecule has 1 fully saturated rings. The van der Waals surface area contributed by atoms with Crippen LogP contribution in [0.2, 0.25) is 10.0 Å². The first kappa shape index (κ1) is 29.5. The standard InChI is InChI=1S/C28H35Cl2NO5S/c1-5-23(17-37(35,36)16-18(2)3)31-26(19-9-11-21(29)12-10-19)24(20-7-6-8-22(30)13-20)14-28(4,27(31)34)15-25(32)33/h6-13,18,23-24,26H,5,14-17H2,1-4H3,(H,32,33)/t23?,24-,26-,28-/m1/s1. The number of hydrogen-bond donors (Lipinski definition) is 1. The van der Waals surface area contributed by atoms with Crippen LogP contribution in [0, 0.1) is 11.3 Å². The minimum absolute atomic E-state index is 0.0151. The summed E-state index contributed by atoms with van der Waals surface area (Å²) in [5.74, 6) is -1.97. The minimum atomic E-state index is -3.48. The zero-order valence-electron chi connectivity index (χ0n) is 21.7. The van der Waals surface area contributed by atoms with Crippen molar-refractivity contribution in [2.75, 3.05) is 11.5 Å². The first-order chi connectivity index (χ1) is 17.3. The molecule has 0 aliphatic carbocycles. The molecular weight excluding hydrogens is 533 g/mol. The molecule has 0 aromatic heterocycles. The van der Waals surface area contributed by atoms with Crippen molar-refractivity contribution in [3.05, 3.63) is 69.7 Å². The van der Waals surface area contributed by atoms with Crippen molar-refractivity contribution in [3.8, 4) is 0 Å². The number of aliphatic carboxylic acids is 1. The van der Waals surface area contributed by atoms with Crippen LogP contribution in [-0.2, 0) is 19.4 Å². The van der Waals surface area contributed by atoms with Crippen molar-refractivity contribution in [3.63, 3.8) is 0 Å². The van der Waals surface area contributed by atoms with E-state index in [-0.39, 0.29) is 42.1 Å². The Hall–Kier alpha value is -2.09. The molecule has 2 aromatic carbocycles. The van der Waals surface area contributed by atoms with Gasteiger partial charge < -0.3 is 10.0 Å². The Bertz CT molecular complexity index is 1230. The molecule has 1 aliphatic rings. The second-order valence-corrected chi connectivity index (χ2v) is 13.8. The number of carbonyl (C=O) groups is 2. The molecule has 4 atom stereocenters. The number of benzene rings is 2. The Balaban J connectivity index is 2.23. The molecule has 1 amide bonds. The van der Waals surface area contributed by atoms with E-state index >= 15 is 0 Å². The molecule has 9 heteroatoms. The number of halogens is 2. The predicted molar refractivity (Wildman–Crippen MR) is 148 cm³/mol. The second kappa shape index (κ2) is 11.7. The summed E-state index contributed by atoms with van der Waals surface area (Å²) in [7, 11) is -3.48. The van der Waals surface area contributed by atoms with E-state index in [0.717, 1.165) is 11.1 Å². The zero-order chi connectivity index (χ0) is 27.5. The molecule has 1 aliphatic heterocycles. The zero-order valence-corrected chi connectivity index (χ0v) is 24.0. The highest BCUT2D eigenvalue weighted by molar-refractivity contribution is 7.91. The number of carbonyl (C=O) groups excluding carboxylic acids is 1. The van der Waals surface area contributed by atoms with Gasteiger partial charge in [-0.25, -0.2) is 8.42 Å². The van der Waals surface area contributed by atoms with Gasteiger partial charge in [-0.3, -0.25) is 9.59 Å². The number of carboxylic acids is 1. The van der Waals surface area contributed by atoms with Gasteiger partial charge in [0.25, 0.3) is 0 Å². The van der Waals surface area contributed by atoms with Crippen molar-refractivity contribution in [2.24, 2.45) is 11.3 Å². The second-order valence-electron chi connectivity index (χ2n) is 10.7. The van der Waals surface area contributed by atoms with Crippen LogP contribution < -0.4 is 0 Å². The van der Waals surface area contributed by atoms with E-state index in [1.807, 2.05) is 51.1 Å². The molecule has 1 saturated heterocycles. The van der Waals surface area contributed by atoms with E-state index in [0.29, 0.717) is 16.5 Å². The third-order valence-electron chi connectivity index (χ3n) is 7.03. The van der Waals surface area contributed by atoms with Crippen molar-refractivity contribution in [2.45, 2.75) is 65.0 Å². The number of piperidine rings is 1. The van der Waals surface area contributed by atoms with E-state index in [1.54, 1.807) is 30.0 Å². The summed E-state index contributed by atoms with van der Waals surface area (Å²) in [6, 6.07) is 13.4. The number of carboxylic acid groups (broad SMARTS) is 1. The van der Waals surface area contributed by atoms with Gasteiger partial charge in [0.15, 0.2) is 9.84 Å². The lowest BCUT2D eigenvalue weighted by molar-refractivity contribution is -0.160. The molecule has 0 radical (unpaired) electrons. The van der Waals surface area contributed by atoms with Gasteiger partial charge in [-0.05, 0) is 54.2 Å². The summed E-state index contributed by atoms with van der Waals surface area (Å²) in [6.07, 6.45) is 0.317. The van der Waals surface area contributed by atoms with Gasteiger partial charge in [0.1, 0.15) is 0 Å². The highest BCUT2D eigenvalue weighted by Crippen LogP contribution is 2.52. The quantitative estimate of drug-likeness (QED) is 0.359. The summed E-state index contributed by atoms with van der Waals surface area (Å²) in [6.45, 7) is 7.22. The van der Waals surface area contributed by atoms with Crippen molar-refractivity contribution >= 4 is 44.9 Å². The molecule has 3 rings (SSSR count). The monoisotopic (exact) mass is 567 g/mol. The van der Waals surface area contributed by atoms with Crippen molar-refractivity contribution in [1.82, 2.24) is 4.90 Å². The van der Waals surface area contributed by atoms with Gasteiger partial charge in [0.05, 0.1) is 29.4 Å². The van der Waals surface area contributed by atoms with Crippen LogP contribution in [0.25, 0.3) is 0 Å². The van der Waals surface area contributed by atoms with Crippen LogP contribution in [0.1, 0.15) is 70.0 Å². The molecule has 6 nitrogen and oxygen atoms in total. The van der Waals surface area contributed by atoms with Crippen LogP contribution in [0.3, 0.4) is 0 Å². The van der Waals surface area contributed by atoms with Crippen LogP contribution in [0.15, 0.2) is 48.5 Å². The molecule has 2 aromatic rings. The van der Waals surface area contributed by atoms with Gasteiger partial charge in [-0.15, -0.1) is 0 Å². The van der Waals surface area contributed by atoms with Gasteiger partial charge in [-0.1, -0.05) is 75.2 Å². The normalized spacial score (nSPS) is 23.3. The Kier molecular flexibility index (Phi) is 9.36. The Morgan fingerprint density at radius 3 is 2.27 bits per heavy atom. The number of sulfone groups is 1. The van der Waals surface area contributed by atoms with Crippen LogP contribution in [-0.4, -0.2) is 47.8 Å². The lowest BCUT2D eigenvalue weighted by atomic mass is 9.67. The third kappa shape index (κ3) is 7.06. The van der Waals surface area contributed by atoms with Gasteiger partial charge in [0, 0.05) is 22.0 Å². The summed E-state index contributed by atoms with van der Waals surface area (Å²) < 4.78 is 26.2. The molecule has 0 bridgehead atoms. The molecule has 0 saturated carbocycles. The summed E-state index contributed by atoms with van der Waals surface area (Å²) in [5, 5.41) is 10.8. The Morgan fingerprint density at radius 1 is 1.08 bits per heavy atom. The molecule has 0 spiro atoms. The minimum Gasteiger partial charge on any atom is -0.481 e. The maximum atomic E-state index is 14.2. The number of likely N-dealkylation sites (tertiary alicyclic amines) is 1. The summed E-state index contributed by atoms with van der Waals surface area (Å²) in [5.41, 5.74) is 0.443. The maximum Gasteiger partial charge on any atom is 0.304 e. The first-order valence-corrected chi connectivity index (χ1v) is 15.1. The fourth-order valence-electron chi connectivity index (χ4n) is 5.54. The lowest BCUT2D eigenvalue weighted by Gasteiger charge is -2.51. The lowest BCUT2D eigenvalue weighted by Crippen LogP contribution is -2.57. The number of rotatable bonds is 10. The molecule has 37 heavy (non-hydrogen) atoms. The molecule has 1 N–H and O–H groups in total. The van der Waals surface area contributed by atoms with E-state index in [2.05, 4.69) is 0 Å². The average molecular weight is 569 g/mol. The fraction of sp³-hybridized carbons (Fsp3) is 0.500. The van der Waals surface area contributed by atoms with E-state index in [4.69, 9.17) is 23.2 Å². The number of nitrogens with zero attached hydrogens (tertiary/aromatic N) is 1. The van der Waals surface area contributed by atoms with E-state index in [1.165, 1.54) is 0 Å². The summed E-state index contributed by atoms with van der Waals surface area (Å²) >= 11 is 12.5. The van der Waals surface area contributed by atoms with Gasteiger partial charge in [0.2, 0.25) is 5.91 Å². The molecular formula is C28H35Cl2NO5S. The molecule has 1 heterocycles. The highest BCUT2D eigenvalue weighted by Gasteiger charge is 2.52. The first-order valence-electron chi connectivity index (χ1n) is 12.5. The molecule has 202 valence electrons. The SMILES string of the molecule is CCC(CS(=O)(=O)CC(C)C)N1C(=O)[C@@](C)(CC(=O)O)C[C@H](c2cccc(Cl)c2)[C@H]1c1ccc(Cl)cc1. The van der Waals surface area contributed by atoms with Crippen molar-refractivity contribution in [1.29, 1.82) is 0 Å². The van der Waals surface area contributed by atoms with Gasteiger partial charge in [-0.2, -0.15) is 0 Å². The topological polar surface area (TPSA) is 91.8 Å². The Labute approximate surface area is 229 Å². The van der Waals surface area contributed by atoms with Gasteiger partial charge >= 0.3 is 5.97 Å². The highest BCUT2D eigenvalue weighted by atomic mass is 35.5. The Morgan fingerprint density at radius 2 is 1.73 bits per heavy atom. The third-order valence-corrected chi connectivity index (χ3v) is 9.58.